The Balaban J connectivity index is 2.25. The molecule has 0 spiro atoms. The molecule has 4 nitrogen and oxygen atoms in total. The molecule has 0 aliphatic heterocycles. The summed E-state index contributed by atoms with van der Waals surface area (Å²) in [5, 5.41) is 2.65. The van der Waals surface area contributed by atoms with Crippen molar-refractivity contribution in [3.05, 3.63) is 23.6 Å². The number of nitrogens with zero attached hydrogens (tertiary/aromatic N) is 2. The lowest BCUT2D eigenvalue weighted by Gasteiger charge is -2.27. The quantitative estimate of drug-likeness (QED) is 0.889. The van der Waals surface area contributed by atoms with Crippen LogP contribution < -0.4 is 5.32 Å². The Kier molecular flexibility index (Phi) is 4.02. The summed E-state index contributed by atoms with van der Waals surface area (Å²) < 4.78 is 14.1. The lowest BCUT2D eigenvalue weighted by molar-refractivity contribution is 0.0691. The number of rotatable bonds is 5. The first-order valence-electron chi connectivity index (χ1n) is 6.67. The standard InChI is InChI=1S/C14H20FN3O/c1-9(2)18(8-10-4-5-10)14(19)11-6-7-17-13(16-3)12(11)15/h6-7,9-10H,4-5,8H2,1-3H3,(H,16,17). The molecule has 1 amide bonds. The first-order chi connectivity index (χ1) is 9.04. The number of hydrogen-bond donors (Lipinski definition) is 1. The summed E-state index contributed by atoms with van der Waals surface area (Å²) >= 11 is 0. The monoisotopic (exact) mass is 265 g/mol. The fraction of sp³-hybridized carbons (Fsp3) is 0.571. The summed E-state index contributed by atoms with van der Waals surface area (Å²) in [6.45, 7) is 4.63. The molecule has 1 heterocycles. The second kappa shape index (κ2) is 5.55. The molecule has 19 heavy (non-hydrogen) atoms. The van der Waals surface area contributed by atoms with Crippen LogP contribution in [0.15, 0.2) is 12.3 Å². The van der Waals surface area contributed by atoms with Gasteiger partial charge in [0.25, 0.3) is 5.91 Å². The SMILES string of the molecule is CNc1nccc(C(=O)N(CC2CC2)C(C)C)c1F. The van der Waals surface area contributed by atoms with Gasteiger partial charge in [-0.05, 0) is 38.7 Å². The van der Waals surface area contributed by atoms with Gasteiger partial charge in [0.15, 0.2) is 11.6 Å². The molecule has 5 heteroatoms. The third-order valence-electron chi connectivity index (χ3n) is 3.39. The average molecular weight is 265 g/mol. The van der Waals surface area contributed by atoms with Gasteiger partial charge in [0.05, 0.1) is 5.56 Å². The predicted octanol–water partition coefficient (Wildman–Crippen LogP) is 2.52. The van der Waals surface area contributed by atoms with Crippen molar-refractivity contribution in [2.24, 2.45) is 5.92 Å². The van der Waals surface area contributed by atoms with Gasteiger partial charge in [-0.15, -0.1) is 0 Å². The van der Waals surface area contributed by atoms with Gasteiger partial charge >= 0.3 is 0 Å². The first kappa shape index (κ1) is 13.8. The molecule has 104 valence electrons. The van der Waals surface area contributed by atoms with Crippen molar-refractivity contribution < 1.29 is 9.18 Å². The maximum Gasteiger partial charge on any atom is 0.257 e. The summed E-state index contributed by atoms with van der Waals surface area (Å²) in [6.07, 6.45) is 3.78. The van der Waals surface area contributed by atoms with Gasteiger partial charge in [-0.25, -0.2) is 9.37 Å². The number of nitrogens with one attached hydrogen (secondary N) is 1. The van der Waals surface area contributed by atoms with Crippen LogP contribution in [-0.2, 0) is 0 Å². The van der Waals surface area contributed by atoms with Crippen LogP contribution in [0, 0.1) is 11.7 Å². The molecule has 1 aromatic rings. The van der Waals surface area contributed by atoms with Crippen molar-refractivity contribution in [1.82, 2.24) is 9.88 Å². The van der Waals surface area contributed by atoms with Gasteiger partial charge in [0.1, 0.15) is 0 Å². The minimum absolute atomic E-state index is 0.0682. The largest absolute Gasteiger partial charge is 0.371 e. The molecule has 0 bridgehead atoms. The molecular weight excluding hydrogens is 245 g/mol. The van der Waals surface area contributed by atoms with Gasteiger partial charge < -0.3 is 10.2 Å². The Morgan fingerprint density at radius 2 is 2.26 bits per heavy atom. The fourth-order valence-electron chi connectivity index (χ4n) is 2.04. The fourth-order valence-corrected chi connectivity index (χ4v) is 2.04. The Hall–Kier alpha value is -1.65. The molecule has 2 rings (SSSR count). The summed E-state index contributed by atoms with van der Waals surface area (Å²) in [7, 11) is 1.59. The Labute approximate surface area is 113 Å². The molecule has 0 unspecified atom stereocenters. The van der Waals surface area contributed by atoms with Crippen LogP contribution in [0.5, 0.6) is 0 Å². The van der Waals surface area contributed by atoms with Gasteiger partial charge in [-0.3, -0.25) is 4.79 Å². The predicted molar refractivity (Wildman–Crippen MR) is 72.6 cm³/mol. The lowest BCUT2D eigenvalue weighted by Crippen LogP contribution is -2.39. The van der Waals surface area contributed by atoms with Crippen molar-refractivity contribution in [2.75, 3.05) is 18.9 Å². The molecule has 1 fully saturated rings. The molecule has 0 saturated heterocycles. The highest BCUT2D eigenvalue weighted by Gasteiger charge is 2.30. The molecule has 0 radical (unpaired) electrons. The summed E-state index contributed by atoms with van der Waals surface area (Å²) in [6, 6.07) is 1.51. The van der Waals surface area contributed by atoms with Crippen molar-refractivity contribution >= 4 is 11.7 Å². The normalized spacial score (nSPS) is 14.6. The van der Waals surface area contributed by atoms with E-state index in [1.807, 2.05) is 13.8 Å². The third kappa shape index (κ3) is 3.03. The van der Waals surface area contributed by atoms with E-state index in [9.17, 15) is 9.18 Å². The number of carbonyl (C=O) groups is 1. The van der Waals surface area contributed by atoms with E-state index in [-0.39, 0.29) is 23.3 Å². The number of anilines is 1. The highest BCUT2D eigenvalue weighted by atomic mass is 19.1. The van der Waals surface area contributed by atoms with Crippen molar-refractivity contribution in [1.29, 1.82) is 0 Å². The zero-order valence-corrected chi connectivity index (χ0v) is 11.6. The van der Waals surface area contributed by atoms with Gasteiger partial charge in [0, 0.05) is 25.8 Å². The van der Waals surface area contributed by atoms with E-state index < -0.39 is 5.82 Å². The van der Waals surface area contributed by atoms with Crippen LogP contribution in [0.2, 0.25) is 0 Å². The van der Waals surface area contributed by atoms with Gasteiger partial charge in [-0.2, -0.15) is 0 Å². The van der Waals surface area contributed by atoms with E-state index in [1.54, 1.807) is 11.9 Å². The number of hydrogen-bond acceptors (Lipinski definition) is 3. The van der Waals surface area contributed by atoms with Crippen LogP contribution in [-0.4, -0.2) is 35.4 Å². The molecule has 1 aliphatic rings. The van der Waals surface area contributed by atoms with Crippen molar-refractivity contribution in [2.45, 2.75) is 32.7 Å². The van der Waals surface area contributed by atoms with E-state index in [4.69, 9.17) is 0 Å². The van der Waals surface area contributed by atoms with Gasteiger partial charge in [0.2, 0.25) is 0 Å². The van der Waals surface area contributed by atoms with E-state index in [0.717, 1.165) is 12.8 Å². The van der Waals surface area contributed by atoms with Crippen LogP contribution in [0.1, 0.15) is 37.0 Å². The van der Waals surface area contributed by atoms with Gasteiger partial charge in [-0.1, -0.05) is 0 Å². The lowest BCUT2D eigenvalue weighted by atomic mass is 10.1. The van der Waals surface area contributed by atoms with E-state index in [2.05, 4.69) is 10.3 Å². The maximum atomic E-state index is 14.1. The molecule has 1 aliphatic carbocycles. The van der Waals surface area contributed by atoms with E-state index in [1.165, 1.54) is 12.3 Å². The topological polar surface area (TPSA) is 45.2 Å². The average Bonchev–Trinajstić information content (AvgIpc) is 3.19. The van der Waals surface area contributed by atoms with E-state index >= 15 is 0 Å². The second-order valence-electron chi connectivity index (χ2n) is 5.27. The second-order valence-corrected chi connectivity index (χ2v) is 5.27. The number of amides is 1. The molecular formula is C14H20FN3O. The van der Waals surface area contributed by atoms with Crippen molar-refractivity contribution in [3.8, 4) is 0 Å². The molecule has 1 N–H and O–H groups in total. The molecule has 1 aromatic heterocycles. The maximum absolute atomic E-state index is 14.1. The Bertz CT molecular complexity index is 472. The highest BCUT2D eigenvalue weighted by Crippen LogP contribution is 2.31. The summed E-state index contributed by atoms with van der Waals surface area (Å²) in [5.74, 6) is -0.129. The summed E-state index contributed by atoms with van der Waals surface area (Å²) in [4.78, 5) is 18.1. The number of aromatic nitrogens is 1. The third-order valence-corrected chi connectivity index (χ3v) is 3.39. The zero-order chi connectivity index (χ0) is 14.0. The van der Waals surface area contributed by atoms with Crippen LogP contribution in [0.25, 0.3) is 0 Å². The molecule has 0 atom stereocenters. The Morgan fingerprint density at radius 3 is 2.79 bits per heavy atom. The minimum atomic E-state index is -0.573. The van der Waals surface area contributed by atoms with Crippen LogP contribution in [0.3, 0.4) is 0 Å². The van der Waals surface area contributed by atoms with E-state index in [0.29, 0.717) is 12.5 Å². The van der Waals surface area contributed by atoms with Crippen LogP contribution >= 0.6 is 0 Å². The molecule has 0 aromatic carbocycles. The zero-order valence-electron chi connectivity index (χ0n) is 11.6. The first-order valence-corrected chi connectivity index (χ1v) is 6.67. The van der Waals surface area contributed by atoms with Crippen molar-refractivity contribution in [3.63, 3.8) is 0 Å². The highest BCUT2D eigenvalue weighted by molar-refractivity contribution is 5.95. The molecule has 1 saturated carbocycles. The number of carbonyl (C=O) groups excluding carboxylic acids is 1. The summed E-state index contributed by atoms with van der Waals surface area (Å²) in [5.41, 5.74) is 0.0914. The van der Waals surface area contributed by atoms with Crippen LogP contribution in [0.4, 0.5) is 10.2 Å². The smallest absolute Gasteiger partial charge is 0.257 e. The number of pyridine rings is 1. The number of halogens is 1. The Morgan fingerprint density at radius 1 is 1.58 bits per heavy atom. The minimum Gasteiger partial charge on any atom is -0.371 e.